The molecule has 23 heavy (non-hydrogen) atoms. The molecule has 3 aliphatic heterocycles. The van der Waals surface area contributed by atoms with Crippen LogP contribution in [-0.4, -0.2) is 66.8 Å². The summed E-state index contributed by atoms with van der Waals surface area (Å²) in [6, 6.07) is 0. The van der Waals surface area contributed by atoms with Crippen molar-refractivity contribution in [2.24, 2.45) is 5.92 Å². The number of carboxylic acid groups (broad SMARTS) is 1. The van der Waals surface area contributed by atoms with Gasteiger partial charge in [-0.25, -0.2) is 4.79 Å². The smallest absolute Gasteiger partial charge is 0.475 e. The highest BCUT2D eigenvalue weighted by atomic mass is 32.2. The number of aliphatic carboxylic acids is 1. The number of hydrogen-bond donors (Lipinski definition) is 2. The van der Waals surface area contributed by atoms with Crippen LogP contribution in [0.5, 0.6) is 0 Å². The van der Waals surface area contributed by atoms with Crippen LogP contribution in [0.15, 0.2) is 0 Å². The molecule has 5 nitrogen and oxygen atoms in total. The van der Waals surface area contributed by atoms with Gasteiger partial charge in [-0.1, -0.05) is 0 Å². The predicted molar refractivity (Wildman–Crippen MR) is 79.6 cm³/mol. The van der Waals surface area contributed by atoms with Gasteiger partial charge in [0.05, 0.1) is 6.10 Å². The van der Waals surface area contributed by atoms with Crippen LogP contribution in [-0.2, 0) is 14.3 Å². The number of carboxylic acids is 1. The zero-order chi connectivity index (χ0) is 16.9. The summed E-state index contributed by atoms with van der Waals surface area (Å²) in [4.78, 5) is 8.90. The Labute approximate surface area is 137 Å². The number of hydrogen-bond acceptors (Lipinski definition) is 5. The van der Waals surface area contributed by atoms with Crippen LogP contribution in [0.25, 0.3) is 0 Å². The Morgan fingerprint density at radius 2 is 1.96 bits per heavy atom. The molecule has 3 saturated heterocycles. The van der Waals surface area contributed by atoms with Crippen molar-refractivity contribution < 1.29 is 32.5 Å². The van der Waals surface area contributed by atoms with Gasteiger partial charge in [0.1, 0.15) is 0 Å². The summed E-state index contributed by atoms with van der Waals surface area (Å²) in [5.41, 5.74) is 0. The Hall–Kier alpha value is -0.510. The SMILES string of the molecule is C1CC(COC2CSC3(CNC3)C2)CCO1.O=C(O)C(F)(F)F. The molecule has 134 valence electrons. The third-order valence-corrected chi connectivity index (χ3v) is 5.83. The molecular formula is C14H22F3NO4S. The predicted octanol–water partition coefficient (Wildman–Crippen LogP) is 1.91. The van der Waals surface area contributed by atoms with Gasteiger partial charge in [0.2, 0.25) is 0 Å². The van der Waals surface area contributed by atoms with Crippen molar-refractivity contribution in [3.63, 3.8) is 0 Å². The van der Waals surface area contributed by atoms with Gasteiger partial charge in [-0.15, -0.1) is 11.8 Å². The van der Waals surface area contributed by atoms with Gasteiger partial charge in [-0.2, -0.15) is 13.2 Å². The number of thioether (sulfide) groups is 1. The Balaban J connectivity index is 0.000000236. The van der Waals surface area contributed by atoms with E-state index in [4.69, 9.17) is 19.4 Å². The fraction of sp³-hybridized carbons (Fsp3) is 0.929. The van der Waals surface area contributed by atoms with E-state index in [1.807, 2.05) is 0 Å². The summed E-state index contributed by atoms with van der Waals surface area (Å²) < 4.78 is 43.7. The lowest BCUT2D eigenvalue weighted by atomic mass is 9.95. The van der Waals surface area contributed by atoms with Gasteiger partial charge < -0.3 is 19.9 Å². The second-order valence-electron chi connectivity index (χ2n) is 6.12. The number of halogens is 3. The first-order valence-corrected chi connectivity index (χ1v) is 8.63. The fourth-order valence-electron chi connectivity index (χ4n) is 2.75. The molecular weight excluding hydrogens is 335 g/mol. The minimum absolute atomic E-state index is 0.509. The van der Waals surface area contributed by atoms with Crippen molar-refractivity contribution in [2.45, 2.75) is 36.3 Å². The molecule has 1 atom stereocenters. The van der Waals surface area contributed by atoms with Gasteiger partial charge in [0.25, 0.3) is 0 Å². The fourth-order valence-corrected chi connectivity index (χ4v) is 4.21. The summed E-state index contributed by atoms with van der Waals surface area (Å²) in [5.74, 6) is -0.812. The maximum Gasteiger partial charge on any atom is 0.490 e. The van der Waals surface area contributed by atoms with Crippen LogP contribution in [0.1, 0.15) is 19.3 Å². The molecule has 9 heteroatoms. The number of rotatable bonds is 3. The monoisotopic (exact) mass is 357 g/mol. The zero-order valence-corrected chi connectivity index (χ0v) is 13.5. The molecule has 0 aromatic heterocycles. The van der Waals surface area contributed by atoms with E-state index < -0.39 is 12.1 Å². The van der Waals surface area contributed by atoms with Crippen LogP contribution in [0, 0.1) is 5.92 Å². The lowest BCUT2D eigenvalue weighted by Crippen LogP contribution is -2.56. The van der Waals surface area contributed by atoms with E-state index in [1.54, 1.807) is 0 Å². The number of ether oxygens (including phenoxy) is 2. The van der Waals surface area contributed by atoms with Crippen molar-refractivity contribution in [3.05, 3.63) is 0 Å². The molecule has 0 aromatic carbocycles. The maximum atomic E-state index is 10.6. The average Bonchev–Trinajstić information content (AvgIpc) is 2.91. The van der Waals surface area contributed by atoms with Gasteiger partial charge in [0, 0.05) is 43.4 Å². The maximum absolute atomic E-state index is 10.6. The molecule has 0 bridgehead atoms. The molecule has 0 saturated carbocycles. The van der Waals surface area contributed by atoms with Crippen LogP contribution in [0.4, 0.5) is 13.2 Å². The Bertz CT molecular complexity index is 398. The van der Waals surface area contributed by atoms with Gasteiger partial charge in [0.15, 0.2) is 0 Å². The molecule has 3 fully saturated rings. The minimum Gasteiger partial charge on any atom is -0.475 e. The Morgan fingerprint density at radius 1 is 1.35 bits per heavy atom. The summed E-state index contributed by atoms with van der Waals surface area (Å²) in [6.45, 7) is 5.20. The molecule has 2 N–H and O–H groups in total. The molecule has 0 aromatic rings. The first-order chi connectivity index (χ1) is 10.8. The zero-order valence-electron chi connectivity index (χ0n) is 12.7. The topological polar surface area (TPSA) is 67.8 Å². The lowest BCUT2D eigenvalue weighted by Gasteiger charge is -2.38. The van der Waals surface area contributed by atoms with Crippen LogP contribution >= 0.6 is 11.8 Å². The van der Waals surface area contributed by atoms with Crippen molar-refractivity contribution in [1.29, 1.82) is 0 Å². The van der Waals surface area contributed by atoms with Gasteiger partial charge >= 0.3 is 12.1 Å². The summed E-state index contributed by atoms with van der Waals surface area (Å²) in [6.07, 6.45) is -0.942. The Kier molecular flexibility index (Phi) is 6.58. The van der Waals surface area contributed by atoms with E-state index in [2.05, 4.69) is 17.1 Å². The van der Waals surface area contributed by atoms with Crippen molar-refractivity contribution >= 4 is 17.7 Å². The van der Waals surface area contributed by atoms with Crippen molar-refractivity contribution in [2.75, 3.05) is 38.7 Å². The van der Waals surface area contributed by atoms with Gasteiger partial charge in [-0.3, -0.25) is 0 Å². The van der Waals surface area contributed by atoms with Crippen LogP contribution < -0.4 is 5.32 Å². The molecule has 0 amide bonds. The van der Waals surface area contributed by atoms with Crippen LogP contribution in [0.3, 0.4) is 0 Å². The molecule has 1 unspecified atom stereocenters. The molecule has 3 rings (SSSR count). The minimum atomic E-state index is -5.08. The van der Waals surface area contributed by atoms with E-state index in [0.29, 0.717) is 10.9 Å². The quantitative estimate of drug-likeness (QED) is 0.804. The van der Waals surface area contributed by atoms with Crippen molar-refractivity contribution in [3.8, 4) is 0 Å². The molecule has 1 spiro atoms. The van der Waals surface area contributed by atoms with Crippen molar-refractivity contribution in [1.82, 2.24) is 5.32 Å². The molecule has 0 aliphatic carbocycles. The highest BCUT2D eigenvalue weighted by Crippen LogP contribution is 2.42. The van der Waals surface area contributed by atoms with E-state index in [-0.39, 0.29) is 0 Å². The molecule has 3 heterocycles. The van der Waals surface area contributed by atoms with E-state index in [9.17, 15) is 13.2 Å². The molecule has 3 aliphatic rings. The van der Waals surface area contributed by atoms with E-state index in [1.165, 1.54) is 38.1 Å². The van der Waals surface area contributed by atoms with E-state index >= 15 is 0 Å². The number of nitrogens with one attached hydrogen (secondary N) is 1. The van der Waals surface area contributed by atoms with Crippen LogP contribution in [0.2, 0.25) is 0 Å². The lowest BCUT2D eigenvalue weighted by molar-refractivity contribution is -0.192. The van der Waals surface area contributed by atoms with Gasteiger partial charge in [-0.05, 0) is 25.2 Å². The summed E-state index contributed by atoms with van der Waals surface area (Å²) in [5, 5.41) is 10.5. The first-order valence-electron chi connectivity index (χ1n) is 7.65. The summed E-state index contributed by atoms with van der Waals surface area (Å²) >= 11 is 2.11. The first kappa shape index (κ1) is 18.8. The molecule has 0 radical (unpaired) electrons. The second kappa shape index (κ2) is 8.04. The third kappa shape index (κ3) is 5.81. The highest BCUT2D eigenvalue weighted by molar-refractivity contribution is 8.01. The average molecular weight is 357 g/mol. The normalized spacial score (nSPS) is 27.2. The number of alkyl halides is 3. The standard InChI is InChI=1S/C12H21NO2S.C2HF3O2/c1-3-14-4-2-10(1)6-15-11-5-12(16-7-11)8-13-9-12;3-2(4,5)1(6)7/h10-11,13H,1-9H2;(H,6,7). The second-order valence-corrected chi connectivity index (χ2v) is 7.60. The Morgan fingerprint density at radius 3 is 2.39 bits per heavy atom. The summed E-state index contributed by atoms with van der Waals surface area (Å²) in [7, 11) is 0. The largest absolute Gasteiger partial charge is 0.490 e. The number of carbonyl (C=O) groups is 1. The van der Waals surface area contributed by atoms with E-state index in [0.717, 1.165) is 25.7 Å². The highest BCUT2D eigenvalue weighted by Gasteiger charge is 2.45. The third-order valence-electron chi connectivity index (χ3n) is 4.22.